The van der Waals surface area contributed by atoms with Gasteiger partial charge in [-0.15, -0.1) is 0 Å². The van der Waals surface area contributed by atoms with Crippen molar-refractivity contribution in [3.63, 3.8) is 0 Å². The number of carbonyl (C=O) groups is 1. The van der Waals surface area contributed by atoms with E-state index in [1.807, 2.05) is 20.8 Å². The average molecular weight is 241 g/mol. The van der Waals surface area contributed by atoms with Crippen LogP contribution in [-0.4, -0.2) is 39.9 Å². The zero-order valence-electron chi connectivity index (χ0n) is 11.0. The zero-order chi connectivity index (χ0) is 12.6. The Balaban J connectivity index is 2.11. The highest BCUT2D eigenvalue weighted by Gasteiger charge is 2.43. The molecule has 4 nitrogen and oxygen atoms in total. The molecular weight excluding hydrogens is 218 g/mol. The minimum Gasteiger partial charge on any atom is -0.444 e. The molecule has 0 spiro atoms. The van der Waals surface area contributed by atoms with E-state index >= 15 is 0 Å². The second-order valence-electron chi connectivity index (χ2n) is 6.18. The van der Waals surface area contributed by atoms with Crippen molar-refractivity contribution in [1.29, 1.82) is 0 Å². The summed E-state index contributed by atoms with van der Waals surface area (Å²) in [5.41, 5.74) is -0.465. The Labute approximate surface area is 103 Å². The summed E-state index contributed by atoms with van der Waals surface area (Å²) in [6.45, 7) is 5.63. The molecule has 2 saturated heterocycles. The van der Waals surface area contributed by atoms with Gasteiger partial charge in [0.05, 0.1) is 12.1 Å². The van der Waals surface area contributed by atoms with E-state index in [9.17, 15) is 9.90 Å². The third kappa shape index (κ3) is 2.73. The van der Waals surface area contributed by atoms with Crippen LogP contribution in [0.4, 0.5) is 4.79 Å². The van der Waals surface area contributed by atoms with Crippen LogP contribution < -0.4 is 0 Å². The molecule has 0 saturated carbocycles. The number of rotatable bonds is 0. The lowest BCUT2D eigenvalue weighted by Gasteiger charge is -2.32. The topological polar surface area (TPSA) is 49.8 Å². The average Bonchev–Trinajstić information content (AvgIpc) is 2.50. The van der Waals surface area contributed by atoms with Gasteiger partial charge in [-0.05, 0) is 52.9 Å². The first-order valence-corrected chi connectivity index (χ1v) is 6.58. The van der Waals surface area contributed by atoms with E-state index in [2.05, 4.69) is 0 Å². The van der Waals surface area contributed by atoms with E-state index in [0.717, 1.165) is 32.1 Å². The smallest absolute Gasteiger partial charge is 0.410 e. The maximum Gasteiger partial charge on any atom is 0.410 e. The van der Waals surface area contributed by atoms with Crippen molar-refractivity contribution >= 4 is 6.09 Å². The Bertz CT molecular complexity index is 298. The Kier molecular flexibility index (Phi) is 3.34. The van der Waals surface area contributed by atoms with E-state index in [0.29, 0.717) is 0 Å². The Hall–Kier alpha value is -0.770. The molecule has 3 atom stereocenters. The molecule has 0 aromatic carbocycles. The monoisotopic (exact) mass is 241 g/mol. The first kappa shape index (κ1) is 12.7. The summed E-state index contributed by atoms with van der Waals surface area (Å²) in [7, 11) is 0. The van der Waals surface area contributed by atoms with E-state index in [1.54, 1.807) is 4.90 Å². The fourth-order valence-corrected chi connectivity index (χ4v) is 2.93. The van der Waals surface area contributed by atoms with Crippen LogP contribution in [0.2, 0.25) is 0 Å². The predicted molar refractivity (Wildman–Crippen MR) is 64.7 cm³/mol. The normalized spacial score (nSPS) is 33.4. The second kappa shape index (κ2) is 4.48. The molecule has 0 unspecified atom stereocenters. The number of ether oxygens (including phenoxy) is 1. The fourth-order valence-electron chi connectivity index (χ4n) is 2.93. The van der Waals surface area contributed by atoms with Crippen LogP contribution in [0.25, 0.3) is 0 Å². The first-order valence-electron chi connectivity index (χ1n) is 6.58. The minimum absolute atomic E-state index is 0.0302. The third-order valence-corrected chi connectivity index (χ3v) is 3.63. The summed E-state index contributed by atoms with van der Waals surface area (Å²) in [4.78, 5) is 14.0. The molecule has 2 fully saturated rings. The van der Waals surface area contributed by atoms with Crippen molar-refractivity contribution in [1.82, 2.24) is 4.90 Å². The molecule has 0 aromatic rings. The predicted octanol–water partition coefficient (Wildman–Crippen LogP) is 2.30. The summed E-state index contributed by atoms with van der Waals surface area (Å²) < 4.78 is 5.44. The van der Waals surface area contributed by atoms with Crippen LogP contribution >= 0.6 is 0 Å². The van der Waals surface area contributed by atoms with E-state index in [1.165, 1.54) is 0 Å². The highest BCUT2D eigenvalue weighted by atomic mass is 16.6. The fraction of sp³-hybridized carbons (Fsp3) is 0.923. The molecule has 4 heteroatoms. The lowest BCUT2D eigenvalue weighted by Crippen LogP contribution is -2.47. The molecule has 0 aliphatic carbocycles. The van der Waals surface area contributed by atoms with E-state index in [4.69, 9.17) is 4.74 Å². The van der Waals surface area contributed by atoms with Crippen LogP contribution in [0.1, 0.15) is 52.9 Å². The van der Waals surface area contributed by atoms with Crippen LogP contribution in [0.5, 0.6) is 0 Å². The highest BCUT2D eigenvalue weighted by molar-refractivity contribution is 5.69. The maximum atomic E-state index is 12.2. The van der Waals surface area contributed by atoms with Gasteiger partial charge < -0.3 is 9.84 Å². The minimum atomic E-state index is -0.465. The molecule has 1 N–H and O–H groups in total. The van der Waals surface area contributed by atoms with Crippen LogP contribution in [0, 0.1) is 0 Å². The summed E-state index contributed by atoms with van der Waals surface area (Å²) in [6.07, 6.45) is 4.07. The van der Waals surface area contributed by atoms with Gasteiger partial charge >= 0.3 is 6.09 Å². The van der Waals surface area contributed by atoms with Crippen molar-refractivity contribution in [2.45, 2.75) is 76.7 Å². The number of nitrogens with zero attached hydrogens (tertiary/aromatic N) is 1. The molecule has 2 rings (SSSR count). The molecule has 2 aliphatic rings. The molecule has 2 aliphatic heterocycles. The van der Waals surface area contributed by atoms with Gasteiger partial charge in [0.1, 0.15) is 5.60 Å². The number of aliphatic hydroxyl groups excluding tert-OH is 1. The Morgan fingerprint density at radius 1 is 1.24 bits per heavy atom. The molecule has 98 valence electrons. The third-order valence-electron chi connectivity index (χ3n) is 3.63. The molecule has 2 heterocycles. The molecule has 1 amide bonds. The number of hydrogen-bond donors (Lipinski definition) is 1. The van der Waals surface area contributed by atoms with E-state index in [-0.39, 0.29) is 24.3 Å². The summed E-state index contributed by atoms with van der Waals surface area (Å²) in [5, 5.41) is 10.0. The highest BCUT2D eigenvalue weighted by Crippen LogP contribution is 2.35. The van der Waals surface area contributed by atoms with Gasteiger partial charge in [0.25, 0.3) is 0 Å². The van der Waals surface area contributed by atoms with Crippen LogP contribution in [0.3, 0.4) is 0 Å². The van der Waals surface area contributed by atoms with Crippen molar-refractivity contribution in [2.24, 2.45) is 0 Å². The second-order valence-corrected chi connectivity index (χ2v) is 6.18. The number of aliphatic hydroxyl groups is 1. The molecular formula is C13H23NO3. The van der Waals surface area contributed by atoms with Crippen molar-refractivity contribution < 1.29 is 14.6 Å². The molecule has 0 radical (unpaired) electrons. The van der Waals surface area contributed by atoms with E-state index < -0.39 is 5.60 Å². The number of hydrogen-bond acceptors (Lipinski definition) is 3. The van der Waals surface area contributed by atoms with Crippen molar-refractivity contribution in [3.05, 3.63) is 0 Å². The maximum absolute atomic E-state index is 12.2. The standard InChI is InChI=1S/C13H23NO3/c1-13(2,3)17-12(16)14-9-5-4-6-11(15)10(14)8-7-9/h9-11,15H,4-8H2,1-3H3/t9-,10-,11-/m1/s1. The Morgan fingerprint density at radius 3 is 2.59 bits per heavy atom. The molecule has 0 aromatic heterocycles. The van der Waals surface area contributed by atoms with Crippen LogP contribution in [-0.2, 0) is 4.74 Å². The SMILES string of the molecule is CC(C)(C)OC(=O)N1[C@@H]2CCC[C@@H](O)[C@H]1CC2. The van der Waals surface area contributed by atoms with Gasteiger partial charge in [0.2, 0.25) is 0 Å². The van der Waals surface area contributed by atoms with Crippen LogP contribution in [0.15, 0.2) is 0 Å². The largest absolute Gasteiger partial charge is 0.444 e. The van der Waals surface area contributed by atoms with Gasteiger partial charge in [0.15, 0.2) is 0 Å². The lowest BCUT2D eigenvalue weighted by molar-refractivity contribution is 0.000111. The van der Waals surface area contributed by atoms with Gasteiger partial charge in [-0.1, -0.05) is 0 Å². The van der Waals surface area contributed by atoms with Crippen molar-refractivity contribution in [3.8, 4) is 0 Å². The molecule has 17 heavy (non-hydrogen) atoms. The lowest BCUT2D eigenvalue weighted by atomic mass is 9.99. The summed E-state index contributed by atoms with van der Waals surface area (Å²) >= 11 is 0. The quantitative estimate of drug-likeness (QED) is 0.708. The number of carbonyl (C=O) groups excluding carboxylic acids is 1. The van der Waals surface area contributed by atoms with Crippen molar-refractivity contribution in [2.75, 3.05) is 0 Å². The van der Waals surface area contributed by atoms with Gasteiger partial charge in [-0.2, -0.15) is 0 Å². The summed E-state index contributed by atoms with van der Waals surface area (Å²) in [6, 6.07) is 0.240. The van der Waals surface area contributed by atoms with Gasteiger partial charge in [-0.3, -0.25) is 4.90 Å². The number of fused-ring (bicyclic) bond motifs is 2. The summed E-state index contributed by atoms with van der Waals surface area (Å²) in [5.74, 6) is 0. The molecule has 2 bridgehead atoms. The Morgan fingerprint density at radius 2 is 1.94 bits per heavy atom. The zero-order valence-corrected chi connectivity index (χ0v) is 11.0. The first-order chi connectivity index (χ1) is 7.88. The number of amides is 1. The van der Waals surface area contributed by atoms with Gasteiger partial charge in [0, 0.05) is 6.04 Å². The van der Waals surface area contributed by atoms with Gasteiger partial charge in [-0.25, -0.2) is 4.79 Å².